The smallest absolute Gasteiger partial charge is 0.275 e. The zero-order chi connectivity index (χ0) is 17.2. The summed E-state index contributed by atoms with van der Waals surface area (Å²) in [5, 5.41) is 3.12. The maximum absolute atomic E-state index is 12.5. The first-order chi connectivity index (χ1) is 12.2. The number of para-hydroxylation sites is 2. The van der Waals surface area contributed by atoms with Crippen molar-refractivity contribution in [1.29, 1.82) is 0 Å². The summed E-state index contributed by atoms with van der Waals surface area (Å²) >= 11 is 6.25. The van der Waals surface area contributed by atoms with Crippen molar-refractivity contribution in [2.75, 3.05) is 18.5 Å². The molecule has 1 aliphatic heterocycles. The third kappa shape index (κ3) is 3.21. The van der Waals surface area contributed by atoms with E-state index in [2.05, 4.69) is 15.3 Å². The summed E-state index contributed by atoms with van der Waals surface area (Å²) in [6, 6.07) is 10.7. The fourth-order valence-corrected chi connectivity index (χ4v) is 2.73. The van der Waals surface area contributed by atoms with Crippen LogP contribution >= 0.6 is 11.6 Å². The number of hydrogen-bond acceptors (Lipinski definition) is 5. The number of hydrogen-bond donors (Lipinski definition) is 1. The minimum Gasteiger partial charge on any atom is -0.490 e. The summed E-state index contributed by atoms with van der Waals surface area (Å²) in [6.45, 7) is 1.12. The molecule has 25 heavy (non-hydrogen) atoms. The van der Waals surface area contributed by atoms with Crippen LogP contribution in [0.15, 0.2) is 42.6 Å². The number of fused-ring (bicyclic) bond motifs is 2. The van der Waals surface area contributed by atoms with Crippen molar-refractivity contribution in [3.05, 3.63) is 53.3 Å². The Morgan fingerprint density at radius 3 is 2.60 bits per heavy atom. The molecule has 0 fully saturated rings. The van der Waals surface area contributed by atoms with Gasteiger partial charge in [-0.3, -0.25) is 9.78 Å². The SMILES string of the molecule is O=C(Nc1cc2c(cc1Cl)OCCCO2)c1cnc2ccccc2n1. The Morgan fingerprint density at radius 1 is 1.08 bits per heavy atom. The lowest BCUT2D eigenvalue weighted by Crippen LogP contribution is -2.14. The van der Waals surface area contributed by atoms with E-state index in [0.717, 1.165) is 11.9 Å². The van der Waals surface area contributed by atoms with Crippen molar-refractivity contribution in [3.8, 4) is 11.5 Å². The summed E-state index contributed by atoms with van der Waals surface area (Å²) in [6.07, 6.45) is 2.23. The second-order valence-corrected chi connectivity index (χ2v) is 5.93. The number of carbonyl (C=O) groups excluding carboxylic acids is 1. The Morgan fingerprint density at radius 2 is 1.80 bits per heavy atom. The number of nitrogens with zero attached hydrogens (tertiary/aromatic N) is 2. The van der Waals surface area contributed by atoms with Gasteiger partial charge < -0.3 is 14.8 Å². The van der Waals surface area contributed by atoms with E-state index in [-0.39, 0.29) is 5.69 Å². The Labute approximate surface area is 148 Å². The van der Waals surface area contributed by atoms with E-state index >= 15 is 0 Å². The molecule has 0 unspecified atom stereocenters. The molecule has 0 aliphatic carbocycles. The molecule has 0 saturated heterocycles. The second kappa shape index (κ2) is 6.57. The van der Waals surface area contributed by atoms with E-state index < -0.39 is 5.91 Å². The van der Waals surface area contributed by atoms with E-state index in [1.165, 1.54) is 6.20 Å². The number of anilines is 1. The van der Waals surface area contributed by atoms with Crippen LogP contribution in [0, 0.1) is 0 Å². The highest BCUT2D eigenvalue weighted by Crippen LogP contribution is 2.37. The minimum atomic E-state index is -0.394. The first kappa shape index (κ1) is 15.7. The van der Waals surface area contributed by atoms with Gasteiger partial charge in [-0.1, -0.05) is 23.7 Å². The molecule has 0 atom stereocenters. The van der Waals surface area contributed by atoms with Gasteiger partial charge in [-0.05, 0) is 12.1 Å². The third-order valence-corrected chi connectivity index (χ3v) is 4.08. The van der Waals surface area contributed by atoms with Gasteiger partial charge in [0.05, 0.1) is 41.2 Å². The van der Waals surface area contributed by atoms with Crippen molar-refractivity contribution in [2.45, 2.75) is 6.42 Å². The van der Waals surface area contributed by atoms with Crippen LogP contribution < -0.4 is 14.8 Å². The van der Waals surface area contributed by atoms with Crippen molar-refractivity contribution in [1.82, 2.24) is 9.97 Å². The van der Waals surface area contributed by atoms with Gasteiger partial charge in [0, 0.05) is 18.6 Å². The minimum absolute atomic E-state index is 0.210. The van der Waals surface area contributed by atoms with Crippen LogP contribution in [0.2, 0.25) is 5.02 Å². The molecule has 0 saturated carbocycles. The van der Waals surface area contributed by atoms with E-state index in [9.17, 15) is 4.79 Å². The summed E-state index contributed by atoms with van der Waals surface area (Å²) < 4.78 is 11.2. The number of ether oxygens (including phenoxy) is 2. The lowest BCUT2D eigenvalue weighted by atomic mass is 10.2. The molecule has 1 aliphatic rings. The number of aromatic nitrogens is 2. The van der Waals surface area contributed by atoms with Crippen LogP contribution in [0.4, 0.5) is 5.69 Å². The quantitative estimate of drug-likeness (QED) is 0.758. The van der Waals surface area contributed by atoms with Gasteiger partial charge in [0.1, 0.15) is 5.69 Å². The number of benzene rings is 2. The highest BCUT2D eigenvalue weighted by atomic mass is 35.5. The van der Waals surface area contributed by atoms with Crippen molar-refractivity contribution >= 4 is 34.2 Å². The average molecular weight is 356 g/mol. The Bertz CT molecular complexity index is 961. The lowest BCUT2D eigenvalue weighted by molar-refractivity contribution is 0.102. The third-order valence-electron chi connectivity index (χ3n) is 3.77. The van der Waals surface area contributed by atoms with Crippen molar-refractivity contribution < 1.29 is 14.3 Å². The van der Waals surface area contributed by atoms with Crippen LogP contribution in [0.5, 0.6) is 11.5 Å². The van der Waals surface area contributed by atoms with Gasteiger partial charge in [0.25, 0.3) is 5.91 Å². The fraction of sp³-hybridized carbons (Fsp3) is 0.167. The molecule has 0 radical (unpaired) electrons. The normalized spacial score (nSPS) is 13.3. The molecule has 7 heteroatoms. The summed E-state index contributed by atoms with van der Waals surface area (Å²) in [4.78, 5) is 21.1. The number of halogens is 1. The first-order valence-corrected chi connectivity index (χ1v) is 8.21. The molecule has 0 spiro atoms. The second-order valence-electron chi connectivity index (χ2n) is 5.53. The van der Waals surface area contributed by atoms with Gasteiger partial charge in [0.2, 0.25) is 0 Å². The van der Waals surface area contributed by atoms with Crippen molar-refractivity contribution in [2.24, 2.45) is 0 Å². The van der Waals surface area contributed by atoms with E-state index in [0.29, 0.717) is 40.9 Å². The van der Waals surface area contributed by atoms with E-state index in [1.807, 2.05) is 18.2 Å². The Balaban J connectivity index is 1.62. The summed E-state index contributed by atoms with van der Waals surface area (Å²) in [7, 11) is 0. The molecule has 2 heterocycles. The van der Waals surface area contributed by atoms with E-state index in [4.69, 9.17) is 21.1 Å². The largest absolute Gasteiger partial charge is 0.490 e. The van der Waals surface area contributed by atoms with Gasteiger partial charge in [-0.25, -0.2) is 4.98 Å². The molecule has 126 valence electrons. The van der Waals surface area contributed by atoms with Crippen LogP contribution in [-0.4, -0.2) is 29.1 Å². The Hall–Kier alpha value is -2.86. The van der Waals surface area contributed by atoms with Crippen LogP contribution in [0.1, 0.15) is 16.9 Å². The van der Waals surface area contributed by atoms with Crippen LogP contribution in [0.25, 0.3) is 11.0 Å². The number of carbonyl (C=O) groups is 1. The number of amides is 1. The first-order valence-electron chi connectivity index (χ1n) is 7.83. The average Bonchev–Trinajstić information content (AvgIpc) is 2.86. The molecule has 1 amide bonds. The van der Waals surface area contributed by atoms with E-state index in [1.54, 1.807) is 18.2 Å². The summed E-state index contributed by atoms with van der Waals surface area (Å²) in [5.74, 6) is 0.738. The zero-order valence-electron chi connectivity index (χ0n) is 13.2. The molecule has 3 aromatic rings. The molecule has 6 nitrogen and oxygen atoms in total. The fourth-order valence-electron chi connectivity index (χ4n) is 2.53. The van der Waals surface area contributed by atoms with Gasteiger partial charge in [-0.15, -0.1) is 0 Å². The molecular formula is C18H14ClN3O3. The topological polar surface area (TPSA) is 73.3 Å². The maximum atomic E-state index is 12.5. The molecule has 4 rings (SSSR count). The number of nitrogens with one attached hydrogen (secondary N) is 1. The zero-order valence-corrected chi connectivity index (χ0v) is 13.9. The highest BCUT2D eigenvalue weighted by Gasteiger charge is 2.17. The van der Waals surface area contributed by atoms with Crippen LogP contribution in [-0.2, 0) is 0 Å². The molecular weight excluding hydrogens is 342 g/mol. The van der Waals surface area contributed by atoms with Crippen molar-refractivity contribution in [3.63, 3.8) is 0 Å². The Kier molecular flexibility index (Phi) is 4.11. The standard InChI is InChI=1S/C18H14ClN3O3/c19-11-8-16-17(25-7-3-6-24-16)9-14(11)22-18(23)15-10-20-12-4-1-2-5-13(12)21-15/h1-2,4-5,8-10H,3,6-7H2,(H,22,23). The van der Waals surface area contributed by atoms with Gasteiger partial charge >= 0.3 is 0 Å². The molecule has 2 aromatic carbocycles. The molecule has 1 aromatic heterocycles. The molecule has 0 bridgehead atoms. The van der Waals surface area contributed by atoms with Gasteiger partial charge in [0.15, 0.2) is 11.5 Å². The lowest BCUT2D eigenvalue weighted by Gasteiger charge is -2.12. The molecule has 1 N–H and O–H groups in total. The maximum Gasteiger partial charge on any atom is 0.275 e. The van der Waals surface area contributed by atoms with Gasteiger partial charge in [-0.2, -0.15) is 0 Å². The monoisotopic (exact) mass is 355 g/mol. The van der Waals surface area contributed by atoms with Crippen LogP contribution in [0.3, 0.4) is 0 Å². The highest BCUT2D eigenvalue weighted by molar-refractivity contribution is 6.34. The predicted octanol–water partition coefficient (Wildman–Crippen LogP) is 3.70. The number of rotatable bonds is 2. The predicted molar refractivity (Wildman–Crippen MR) is 94.6 cm³/mol. The summed E-state index contributed by atoms with van der Waals surface area (Å²) in [5.41, 5.74) is 2.03.